The lowest BCUT2D eigenvalue weighted by molar-refractivity contribution is -0.348. The van der Waals surface area contributed by atoms with Crippen LogP contribution in [0.15, 0.2) is 5.11 Å². The first-order valence-corrected chi connectivity index (χ1v) is 12.2. The number of aliphatic hydroxyl groups is 6. The first-order chi connectivity index (χ1) is 18.2. The fourth-order valence-corrected chi connectivity index (χ4v) is 4.02. The Bertz CT molecular complexity index is 746. The molecule has 1 unspecified atom stereocenters. The van der Waals surface area contributed by atoms with E-state index in [0.29, 0.717) is 26.2 Å². The Balaban J connectivity index is 1.90. The number of nitrogens with one attached hydrogen (secondary N) is 1. The summed E-state index contributed by atoms with van der Waals surface area (Å²) in [5.41, 5.74) is 8.18. The van der Waals surface area contributed by atoms with Crippen LogP contribution in [0.3, 0.4) is 0 Å². The van der Waals surface area contributed by atoms with Crippen LogP contribution < -0.4 is 5.32 Å². The molecule has 0 aromatic rings. The molecule has 17 heteroatoms. The van der Waals surface area contributed by atoms with Gasteiger partial charge in [-0.05, 0) is 12.0 Å². The minimum atomic E-state index is -1.64. The van der Waals surface area contributed by atoms with Crippen molar-refractivity contribution in [3.8, 4) is 0 Å². The summed E-state index contributed by atoms with van der Waals surface area (Å²) < 4.78 is 32.7. The molecule has 2 aliphatic rings. The van der Waals surface area contributed by atoms with Crippen LogP contribution in [-0.2, 0) is 33.2 Å². The van der Waals surface area contributed by atoms with Gasteiger partial charge < -0.3 is 64.4 Å². The summed E-state index contributed by atoms with van der Waals surface area (Å²) in [4.78, 5) is 14.1. The molecule has 0 aromatic carbocycles. The molecule has 0 radical (unpaired) electrons. The number of nitrogens with zero attached hydrogens (tertiary/aromatic N) is 3. The lowest BCUT2D eigenvalue weighted by Gasteiger charge is -2.47. The maximum absolute atomic E-state index is 11.5. The summed E-state index contributed by atoms with van der Waals surface area (Å²) in [5, 5.41) is 67.1. The third kappa shape index (κ3) is 9.49. The van der Waals surface area contributed by atoms with E-state index in [0.717, 1.165) is 0 Å². The maximum Gasteiger partial charge on any atom is 0.217 e. The highest BCUT2D eigenvalue weighted by Gasteiger charge is 2.51. The number of rotatable bonds is 16. The monoisotopic (exact) mass is 554 g/mol. The van der Waals surface area contributed by atoms with Crippen LogP contribution in [-0.4, -0.2) is 151 Å². The molecule has 10 atom stereocenters. The van der Waals surface area contributed by atoms with E-state index in [4.69, 9.17) is 34.0 Å². The summed E-state index contributed by atoms with van der Waals surface area (Å²) in [6, 6.07) is -1.30. The number of amides is 1. The van der Waals surface area contributed by atoms with E-state index in [1.165, 1.54) is 6.92 Å². The second-order valence-corrected chi connectivity index (χ2v) is 8.64. The highest BCUT2D eigenvalue weighted by Crippen LogP contribution is 2.29. The van der Waals surface area contributed by atoms with Gasteiger partial charge in [0, 0.05) is 31.6 Å². The summed E-state index contributed by atoms with van der Waals surface area (Å²) in [6.07, 6.45) is -12.4. The zero-order valence-corrected chi connectivity index (χ0v) is 21.0. The molecule has 2 heterocycles. The molecule has 220 valence electrons. The van der Waals surface area contributed by atoms with Gasteiger partial charge in [0.15, 0.2) is 12.6 Å². The van der Waals surface area contributed by atoms with E-state index in [9.17, 15) is 35.4 Å². The second kappa shape index (κ2) is 17.1. The number of aliphatic hydroxyl groups excluding tert-OH is 6. The molecule has 0 bridgehead atoms. The SMILES string of the molecule is CC(=O)N[C@H]1C(O)O[C@H](CO)[C@@H](O[C@@H]2O[C@H](CO)[C@@H](O)[C@H](OCCOCCCOCCN=[N+]=[N-])[C@@H]2O)[C@@H]1O. The van der Waals surface area contributed by atoms with Gasteiger partial charge in [-0.15, -0.1) is 0 Å². The van der Waals surface area contributed by atoms with Crippen LogP contribution in [0.5, 0.6) is 0 Å². The highest BCUT2D eigenvalue weighted by atomic mass is 16.7. The van der Waals surface area contributed by atoms with Crippen LogP contribution in [0.4, 0.5) is 0 Å². The molecule has 38 heavy (non-hydrogen) atoms. The molecule has 0 saturated carbocycles. The molecule has 0 spiro atoms. The average Bonchev–Trinajstić information content (AvgIpc) is 2.89. The fraction of sp³-hybridized carbons (Fsp3) is 0.952. The van der Waals surface area contributed by atoms with Crippen molar-refractivity contribution in [2.24, 2.45) is 5.11 Å². The topological polar surface area (TPSA) is 255 Å². The number of hydrogen-bond acceptors (Lipinski definition) is 14. The van der Waals surface area contributed by atoms with Crippen LogP contribution in [0.25, 0.3) is 10.4 Å². The van der Waals surface area contributed by atoms with Crippen molar-refractivity contribution in [2.45, 2.75) is 74.7 Å². The molecule has 0 aromatic heterocycles. The number of carbonyl (C=O) groups is 1. The first kappa shape index (κ1) is 32.5. The van der Waals surface area contributed by atoms with Crippen molar-refractivity contribution in [3.63, 3.8) is 0 Å². The van der Waals surface area contributed by atoms with E-state index in [1.54, 1.807) is 0 Å². The molecule has 2 aliphatic heterocycles. The Morgan fingerprint density at radius 1 is 0.921 bits per heavy atom. The quantitative estimate of drug-likeness (QED) is 0.0424. The zero-order valence-electron chi connectivity index (χ0n) is 21.0. The second-order valence-electron chi connectivity index (χ2n) is 8.64. The highest BCUT2D eigenvalue weighted by molar-refractivity contribution is 5.73. The van der Waals surface area contributed by atoms with Crippen molar-refractivity contribution < 1.29 is 63.9 Å². The normalized spacial score (nSPS) is 35.4. The Labute approximate surface area is 218 Å². The van der Waals surface area contributed by atoms with Gasteiger partial charge in [-0.3, -0.25) is 4.79 Å². The average molecular weight is 555 g/mol. The zero-order chi connectivity index (χ0) is 28.1. The molecular formula is C21H38N4O13. The van der Waals surface area contributed by atoms with Crippen molar-refractivity contribution in [1.82, 2.24) is 5.32 Å². The molecule has 2 saturated heterocycles. The van der Waals surface area contributed by atoms with Crippen LogP contribution in [0.2, 0.25) is 0 Å². The van der Waals surface area contributed by atoms with Gasteiger partial charge in [0.05, 0.1) is 33.0 Å². The standard InChI is InChI=1S/C21H38N4O13/c1-11(28)24-14-16(30)18(13(10-27)36-20(14)32)38-21-17(31)19(15(29)12(9-26)37-21)35-8-7-34-5-2-4-33-6-3-23-25-22/h12-21,26-27,29-32H,2-10H2,1H3,(H,24,28)/t12-,13-,14-,15-,16-,17+,18-,19+,20?,21+/m1/s1. The van der Waals surface area contributed by atoms with Crippen LogP contribution >= 0.6 is 0 Å². The van der Waals surface area contributed by atoms with E-state index < -0.39 is 80.5 Å². The van der Waals surface area contributed by atoms with Gasteiger partial charge in [0.1, 0.15) is 48.8 Å². The molecule has 2 rings (SSSR count). The molecule has 0 aliphatic carbocycles. The van der Waals surface area contributed by atoms with E-state index in [2.05, 4.69) is 15.3 Å². The first-order valence-electron chi connectivity index (χ1n) is 12.2. The predicted octanol–water partition coefficient (Wildman–Crippen LogP) is -3.50. The minimum Gasteiger partial charge on any atom is -0.394 e. The maximum atomic E-state index is 11.5. The van der Waals surface area contributed by atoms with E-state index in [-0.39, 0.29) is 19.8 Å². The van der Waals surface area contributed by atoms with Gasteiger partial charge >= 0.3 is 0 Å². The van der Waals surface area contributed by atoms with Crippen molar-refractivity contribution >= 4 is 5.91 Å². The Kier molecular flexibility index (Phi) is 14.6. The number of hydrogen-bond donors (Lipinski definition) is 7. The molecule has 17 nitrogen and oxygen atoms in total. The van der Waals surface area contributed by atoms with Gasteiger partial charge in [-0.2, -0.15) is 0 Å². The third-order valence-electron chi connectivity index (χ3n) is 5.87. The lowest BCUT2D eigenvalue weighted by atomic mass is 9.95. The summed E-state index contributed by atoms with van der Waals surface area (Å²) >= 11 is 0. The van der Waals surface area contributed by atoms with Crippen LogP contribution in [0, 0.1) is 0 Å². The van der Waals surface area contributed by atoms with Gasteiger partial charge in [-0.1, -0.05) is 5.11 Å². The summed E-state index contributed by atoms with van der Waals surface area (Å²) in [6.45, 7) is 1.21. The van der Waals surface area contributed by atoms with Gasteiger partial charge in [0.25, 0.3) is 0 Å². The molecule has 2 fully saturated rings. The van der Waals surface area contributed by atoms with Crippen molar-refractivity contribution in [1.29, 1.82) is 0 Å². The Morgan fingerprint density at radius 3 is 2.24 bits per heavy atom. The number of ether oxygens (including phenoxy) is 6. The van der Waals surface area contributed by atoms with Gasteiger partial charge in [0.2, 0.25) is 5.91 Å². The minimum absolute atomic E-state index is 0.0351. The third-order valence-corrected chi connectivity index (χ3v) is 5.87. The van der Waals surface area contributed by atoms with Crippen molar-refractivity contribution in [3.05, 3.63) is 10.4 Å². The molecule has 1 amide bonds. The summed E-state index contributed by atoms with van der Waals surface area (Å²) in [7, 11) is 0. The Morgan fingerprint density at radius 2 is 1.61 bits per heavy atom. The molecule has 7 N–H and O–H groups in total. The van der Waals surface area contributed by atoms with Gasteiger partial charge in [-0.25, -0.2) is 0 Å². The number of azide groups is 1. The Hall–Kier alpha value is -1.70. The predicted molar refractivity (Wildman–Crippen MR) is 124 cm³/mol. The molecular weight excluding hydrogens is 516 g/mol. The smallest absolute Gasteiger partial charge is 0.217 e. The summed E-state index contributed by atoms with van der Waals surface area (Å²) in [5.74, 6) is -0.566. The van der Waals surface area contributed by atoms with Crippen LogP contribution in [0.1, 0.15) is 13.3 Å². The van der Waals surface area contributed by atoms with Crippen molar-refractivity contribution in [2.75, 3.05) is 52.8 Å². The largest absolute Gasteiger partial charge is 0.394 e. The van der Waals surface area contributed by atoms with E-state index in [1.807, 2.05) is 0 Å². The van der Waals surface area contributed by atoms with E-state index >= 15 is 0 Å². The number of carbonyl (C=O) groups excluding carboxylic acids is 1. The lowest BCUT2D eigenvalue weighted by Crippen LogP contribution is -2.67. The fourth-order valence-electron chi connectivity index (χ4n) is 4.02.